The lowest BCUT2D eigenvalue weighted by atomic mass is 10.0. The van der Waals surface area contributed by atoms with Gasteiger partial charge in [0.2, 0.25) is 0 Å². The monoisotopic (exact) mass is 478 g/mol. The Morgan fingerprint density at radius 2 is 1.56 bits per heavy atom. The van der Waals surface area contributed by atoms with E-state index in [1.165, 1.54) is 5.56 Å². The first-order valence-corrected chi connectivity index (χ1v) is 9.33. The molecule has 4 nitrogen and oxygen atoms in total. The Kier molecular flexibility index (Phi) is 5.46. The van der Waals surface area contributed by atoms with Gasteiger partial charge in [-0.2, -0.15) is 0 Å². The number of hydrogen-bond acceptors (Lipinski definition) is 3. The second-order valence-electron chi connectivity index (χ2n) is 5.41. The molecule has 3 rings (SSSR count). The predicted octanol–water partition coefficient (Wildman–Crippen LogP) is 3.72. The van der Waals surface area contributed by atoms with Crippen molar-refractivity contribution >= 4 is 67.1 Å². The lowest BCUT2D eigenvalue weighted by Crippen LogP contribution is -2.51. The van der Waals surface area contributed by atoms with Gasteiger partial charge < -0.3 is 0 Å². The minimum Gasteiger partial charge on any atom is -0.299 e. The molecule has 0 bridgehead atoms. The molecular weight excluding hydrogens is 468 g/mol. The van der Waals surface area contributed by atoms with Crippen molar-refractivity contribution < 1.29 is 9.59 Å². The Hall–Kier alpha value is -1.83. The molecule has 2 aromatic rings. The van der Waals surface area contributed by atoms with E-state index >= 15 is 0 Å². The van der Waals surface area contributed by atoms with Crippen LogP contribution in [0.3, 0.4) is 0 Å². The van der Waals surface area contributed by atoms with Crippen LogP contribution >= 0.6 is 44.1 Å². The molecule has 0 aliphatic carbocycles. The summed E-state index contributed by atoms with van der Waals surface area (Å²) in [4.78, 5) is 23.8. The van der Waals surface area contributed by atoms with E-state index in [2.05, 4.69) is 48.6 Å². The van der Waals surface area contributed by atoms with Gasteiger partial charge in [-0.3, -0.25) is 20.2 Å². The van der Waals surface area contributed by atoms with Crippen molar-refractivity contribution in [2.24, 2.45) is 0 Å². The molecule has 7 heteroatoms. The van der Waals surface area contributed by atoms with Gasteiger partial charge in [0.25, 0.3) is 11.8 Å². The maximum atomic E-state index is 11.9. The standard InChI is InChI=1S/C18H12Br2N2O2S/c19-14-4-2-1-3-11(14)9-12-6-5-10(8-15(12)20)7-13-16(23)21-18(25)22-17(13)24/h1-8H,9H2,(H2,21,22,23,24,25). The van der Waals surface area contributed by atoms with Gasteiger partial charge in [0, 0.05) is 8.95 Å². The smallest absolute Gasteiger partial charge is 0.263 e. The Bertz CT molecular complexity index is 903. The molecule has 0 spiro atoms. The van der Waals surface area contributed by atoms with E-state index < -0.39 is 11.8 Å². The molecule has 2 amide bonds. The molecule has 126 valence electrons. The van der Waals surface area contributed by atoms with E-state index in [1.54, 1.807) is 6.08 Å². The zero-order valence-corrected chi connectivity index (χ0v) is 16.8. The molecule has 1 fully saturated rings. The Labute approximate surface area is 166 Å². The SMILES string of the molecule is O=C1NC(=S)NC(=O)C1=Cc1ccc(Cc2ccccc2Br)c(Br)c1. The summed E-state index contributed by atoms with van der Waals surface area (Å²) < 4.78 is 1.96. The number of nitrogens with one attached hydrogen (secondary N) is 2. The van der Waals surface area contributed by atoms with Gasteiger partial charge >= 0.3 is 0 Å². The molecule has 1 saturated heterocycles. The van der Waals surface area contributed by atoms with Crippen LogP contribution in [0.15, 0.2) is 57.0 Å². The molecule has 0 radical (unpaired) electrons. The Balaban J connectivity index is 1.86. The minimum absolute atomic E-state index is 0.0251. The summed E-state index contributed by atoms with van der Waals surface area (Å²) in [5.74, 6) is -0.996. The number of thiocarbonyl (C=S) groups is 1. The van der Waals surface area contributed by atoms with Crippen molar-refractivity contribution in [2.45, 2.75) is 6.42 Å². The number of amides is 2. The topological polar surface area (TPSA) is 58.2 Å². The first kappa shape index (κ1) is 18.0. The zero-order chi connectivity index (χ0) is 18.0. The van der Waals surface area contributed by atoms with E-state index in [1.807, 2.05) is 36.4 Å². The second-order valence-corrected chi connectivity index (χ2v) is 7.53. The predicted molar refractivity (Wildman–Crippen MR) is 108 cm³/mol. The van der Waals surface area contributed by atoms with Gasteiger partial charge in [0.15, 0.2) is 5.11 Å². The molecule has 0 atom stereocenters. The van der Waals surface area contributed by atoms with Crippen LogP contribution < -0.4 is 10.6 Å². The van der Waals surface area contributed by atoms with Gasteiger partial charge in [0.1, 0.15) is 5.57 Å². The molecule has 1 heterocycles. The molecule has 0 unspecified atom stereocenters. The highest BCUT2D eigenvalue weighted by Crippen LogP contribution is 2.26. The van der Waals surface area contributed by atoms with Crippen LogP contribution in [0, 0.1) is 0 Å². The molecule has 2 aromatic carbocycles. The maximum absolute atomic E-state index is 11.9. The number of rotatable bonds is 3. The van der Waals surface area contributed by atoms with Crippen LogP contribution in [0.4, 0.5) is 0 Å². The largest absolute Gasteiger partial charge is 0.299 e. The van der Waals surface area contributed by atoms with Crippen LogP contribution in [-0.4, -0.2) is 16.9 Å². The number of hydrogen-bond donors (Lipinski definition) is 2. The van der Waals surface area contributed by atoms with E-state index in [0.717, 1.165) is 26.5 Å². The Morgan fingerprint density at radius 3 is 2.20 bits per heavy atom. The van der Waals surface area contributed by atoms with Gasteiger partial charge in [-0.1, -0.05) is 62.2 Å². The first-order valence-electron chi connectivity index (χ1n) is 7.34. The quantitative estimate of drug-likeness (QED) is 0.400. The third kappa shape index (κ3) is 4.23. The average Bonchev–Trinajstić information content (AvgIpc) is 2.55. The summed E-state index contributed by atoms with van der Waals surface area (Å²) in [7, 11) is 0. The summed E-state index contributed by atoms with van der Waals surface area (Å²) in [5, 5.41) is 4.87. The highest BCUT2D eigenvalue weighted by molar-refractivity contribution is 9.10. The molecular formula is C18H12Br2N2O2S. The number of benzene rings is 2. The maximum Gasteiger partial charge on any atom is 0.263 e. The third-order valence-corrected chi connectivity index (χ3v) is 5.39. The van der Waals surface area contributed by atoms with Crippen molar-refractivity contribution in [3.05, 3.63) is 73.7 Å². The lowest BCUT2D eigenvalue weighted by molar-refractivity contribution is -0.123. The van der Waals surface area contributed by atoms with Crippen LogP contribution in [0.25, 0.3) is 6.08 Å². The van der Waals surface area contributed by atoms with Gasteiger partial charge in [-0.15, -0.1) is 0 Å². The van der Waals surface area contributed by atoms with E-state index in [0.29, 0.717) is 0 Å². The molecule has 1 aliphatic rings. The van der Waals surface area contributed by atoms with Crippen LogP contribution in [0.1, 0.15) is 16.7 Å². The number of carbonyl (C=O) groups is 2. The van der Waals surface area contributed by atoms with Crippen LogP contribution in [0.5, 0.6) is 0 Å². The fourth-order valence-electron chi connectivity index (χ4n) is 2.42. The summed E-state index contributed by atoms with van der Waals surface area (Å²) in [6, 6.07) is 13.8. The molecule has 25 heavy (non-hydrogen) atoms. The Morgan fingerprint density at radius 1 is 0.920 bits per heavy atom. The lowest BCUT2D eigenvalue weighted by Gasteiger charge is -2.16. The molecule has 0 aromatic heterocycles. The highest BCUT2D eigenvalue weighted by atomic mass is 79.9. The van der Waals surface area contributed by atoms with Crippen molar-refractivity contribution in [1.82, 2.24) is 10.6 Å². The number of halogens is 2. The van der Waals surface area contributed by atoms with Gasteiger partial charge in [0.05, 0.1) is 0 Å². The van der Waals surface area contributed by atoms with E-state index in [4.69, 9.17) is 12.2 Å². The van der Waals surface area contributed by atoms with Crippen molar-refractivity contribution in [3.63, 3.8) is 0 Å². The van der Waals surface area contributed by atoms with Crippen LogP contribution in [0.2, 0.25) is 0 Å². The van der Waals surface area contributed by atoms with Gasteiger partial charge in [-0.05, 0) is 53.5 Å². The molecule has 2 N–H and O–H groups in total. The van der Waals surface area contributed by atoms with E-state index in [9.17, 15) is 9.59 Å². The highest BCUT2D eigenvalue weighted by Gasteiger charge is 2.25. The summed E-state index contributed by atoms with van der Waals surface area (Å²) in [5.41, 5.74) is 3.05. The van der Waals surface area contributed by atoms with Gasteiger partial charge in [-0.25, -0.2) is 0 Å². The summed E-state index contributed by atoms with van der Waals surface area (Å²) in [6.45, 7) is 0. The van der Waals surface area contributed by atoms with Crippen molar-refractivity contribution in [3.8, 4) is 0 Å². The fraction of sp³-hybridized carbons (Fsp3) is 0.0556. The van der Waals surface area contributed by atoms with Crippen molar-refractivity contribution in [1.29, 1.82) is 0 Å². The summed E-state index contributed by atoms with van der Waals surface area (Å²) >= 11 is 11.9. The van der Waals surface area contributed by atoms with Crippen molar-refractivity contribution in [2.75, 3.05) is 0 Å². The second kappa shape index (κ2) is 7.59. The summed E-state index contributed by atoms with van der Waals surface area (Å²) in [6.07, 6.45) is 2.30. The average molecular weight is 480 g/mol. The molecule has 0 saturated carbocycles. The molecule has 1 aliphatic heterocycles. The van der Waals surface area contributed by atoms with Crippen LogP contribution in [-0.2, 0) is 16.0 Å². The fourth-order valence-corrected chi connectivity index (χ4v) is 3.56. The van der Waals surface area contributed by atoms with E-state index in [-0.39, 0.29) is 10.7 Å². The number of carbonyl (C=O) groups excluding carboxylic acids is 2. The first-order chi connectivity index (χ1) is 11.9. The minimum atomic E-state index is -0.498. The normalized spacial score (nSPS) is 14.2. The third-order valence-electron chi connectivity index (χ3n) is 3.67. The zero-order valence-electron chi connectivity index (χ0n) is 12.8.